The van der Waals surface area contributed by atoms with Crippen LogP contribution in [0.2, 0.25) is 0 Å². The van der Waals surface area contributed by atoms with Crippen LogP contribution < -0.4 is 4.74 Å². The Balaban J connectivity index is 2.19. The van der Waals surface area contributed by atoms with Gasteiger partial charge in [0.25, 0.3) is 0 Å². The molecular weight excluding hydrogens is 272 g/mol. The number of fused-ring (bicyclic) bond motifs is 1. The van der Waals surface area contributed by atoms with Gasteiger partial charge in [-0.1, -0.05) is 28.1 Å². The van der Waals surface area contributed by atoms with Crippen molar-refractivity contribution in [1.29, 1.82) is 0 Å². The molecule has 1 aliphatic rings. The highest BCUT2D eigenvalue weighted by molar-refractivity contribution is 9.10. The average Bonchev–Trinajstić information content (AvgIpc) is 2.28. The molecule has 1 aromatic carbocycles. The molecule has 1 heterocycles. The molecule has 1 aromatic rings. The Morgan fingerprint density at radius 3 is 3.06 bits per heavy atom. The van der Waals surface area contributed by atoms with Crippen LogP contribution in [-0.4, -0.2) is 22.5 Å². The molecule has 0 saturated carbocycles. The second kappa shape index (κ2) is 4.97. The van der Waals surface area contributed by atoms with Crippen molar-refractivity contribution in [3.05, 3.63) is 29.3 Å². The van der Waals surface area contributed by atoms with Crippen LogP contribution in [0, 0.1) is 0 Å². The van der Waals surface area contributed by atoms with Gasteiger partial charge in [0.2, 0.25) is 0 Å². The van der Waals surface area contributed by atoms with E-state index >= 15 is 0 Å². The van der Waals surface area contributed by atoms with Gasteiger partial charge in [-0.05, 0) is 36.5 Å². The van der Waals surface area contributed by atoms with Gasteiger partial charge in [0, 0.05) is 6.61 Å². The van der Waals surface area contributed by atoms with Gasteiger partial charge in [0.1, 0.15) is 10.6 Å². The minimum absolute atomic E-state index is 0.181. The Morgan fingerprint density at radius 1 is 1.50 bits per heavy atom. The van der Waals surface area contributed by atoms with Crippen LogP contribution in [-0.2, 0) is 17.6 Å². The summed E-state index contributed by atoms with van der Waals surface area (Å²) in [6, 6.07) is 5.90. The SMILES string of the molecule is O=C1Oc2cc(CCCO)ccc2CC1Br. The summed E-state index contributed by atoms with van der Waals surface area (Å²) in [5.74, 6) is 0.433. The van der Waals surface area contributed by atoms with Gasteiger partial charge in [-0.15, -0.1) is 0 Å². The van der Waals surface area contributed by atoms with E-state index in [0.717, 1.165) is 24.0 Å². The first-order valence-electron chi connectivity index (χ1n) is 5.29. The molecule has 0 aromatic heterocycles. The molecule has 4 heteroatoms. The third kappa shape index (κ3) is 2.44. The number of esters is 1. The maximum absolute atomic E-state index is 11.4. The van der Waals surface area contributed by atoms with Gasteiger partial charge in [0.15, 0.2) is 0 Å². The summed E-state index contributed by atoms with van der Waals surface area (Å²) in [6.07, 6.45) is 2.21. The van der Waals surface area contributed by atoms with Crippen LogP contribution in [0.4, 0.5) is 0 Å². The molecule has 16 heavy (non-hydrogen) atoms. The van der Waals surface area contributed by atoms with Crippen molar-refractivity contribution < 1.29 is 14.6 Å². The van der Waals surface area contributed by atoms with Crippen molar-refractivity contribution in [2.75, 3.05) is 6.61 Å². The van der Waals surface area contributed by atoms with Crippen LogP contribution in [0.1, 0.15) is 17.5 Å². The molecule has 2 rings (SSSR count). The fourth-order valence-electron chi connectivity index (χ4n) is 1.75. The van der Waals surface area contributed by atoms with Crippen LogP contribution >= 0.6 is 15.9 Å². The van der Waals surface area contributed by atoms with Crippen molar-refractivity contribution in [2.24, 2.45) is 0 Å². The Kier molecular flexibility index (Phi) is 3.61. The van der Waals surface area contributed by atoms with Crippen LogP contribution in [0.5, 0.6) is 5.75 Å². The number of hydrogen-bond donors (Lipinski definition) is 1. The van der Waals surface area contributed by atoms with Crippen molar-refractivity contribution in [2.45, 2.75) is 24.1 Å². The lowest BCUT2D eigenvalue weighted by Gasteiger charge is -2.20. The lowest BCUT2D eigenvalue weighted by Crippen LogP contribution is -2.27. The zero-order valence-electron chi connectivity index (χ0n) is 8.78. The summed E-state index contributed by atoms with van der Waals surface area (Å²) in [5, 5.41) is 8.75. The molecule has 0 aliphatic carbocycles. The van der Waals surface area contributed by atoms with E-state index < -0.39 is 0 Å². The highest BCUT2D eigenvalue weighted by Gasteiger charge is 2.25. The fourth-order valence-corrected chi connectivity index (χ4v) is 2.19. The smallest absolute Gasteiger partial charge is 0.325 e. The topological polar surface area (TPSA) is 46.5 Å². The lowest BCUT2D eigenvalue weighted by atomic mass is 10.0. The van der Waals surface area contributed by atoms with E-state index in [0.29, 0.717) is 12.2 Å². The number of carbonyl (C=O) groups excluding carboxylic acids is 1. The van der Waals surface area contributed by atoms with Gasteiger partial charge in [0.05, 0.1) is 0 Å². The Labute approximate surface area is 103 Å². The normalized spacial score (nSPS) is 19.1. The van der Waals surface area contributed by atoms with Crippen molar-refractivity contribution in [3.63, 3.8) is 0 Å². The number of aryl methyl sites for hydroxylation is 1. The minimum Gasteiger partial charge on any atom is -0.425 e. The number of aliphatic hydroxyl groups is 1. The lowest BCUT2D eigenvalue weighted by molar-refractivity contribution is -0.134. The van der Waals surface area contributed by atoms with E-state index in [1.807, 2.05) is 18.2 Å². The molecular formula is C12H13BrO3. The van der Waals surface area contributed by atoms with Crippen molar-refractivity contribution in [3.8, 4) is 5.75 Å². The third-order valence-corrected chi connectivity index (χ3v) is 3.32. The van der Waals surface area contributed by atoms with E-state index in [1.54, 1.807) is 0 Å². The summed E-state index contributed by atoms with van der Waals surface area (Å²) in [6.45, 7) is 0.181. The zero-order chi connectivity index (χ0) is 11.5. The molecule has 1 aliphatic heterocycles. The molecule has 1 unspecified atom stereocenters. The Hall–Kier alpha value is -0.870. The second-order valence-corrected chi connectivity index (χ2v) is 4.97. The third-order valence-electron chi connectivity index (χ3n) is 2.62. The van der Waals surface area contributed by atoms with Crippen molar-refractivity contribution in [1.82, 2.24) is 0 Å². The molecule has 0 fully saturated rings. The summed E-state index contributed by atoms with van der Waals surface area (Å²) < 4.78 is 5.22. The zero-order valence-corrected chi connectivity index (χ0v) is 10.4. The summed E-state index contributed by atoms with van der Waals surface area (Å²) in [5.41, 5.74) is 2.14. The number of benzene rings is 1. The summed E-state index contributed by atoms with van der Waals surface area (Å²) in [7, 11) is 0. The van der Waals surface area contributed by atoms with Gasteiger partial charge in [-0.3, -0.25) is 4.79 Å². The number of halogens is 1. The molecule has 0 amide bonds. The number of carbonyl (C=O) groups is 1. The molecule has 0 radical (unpaired) electrons. The van der Waals surface area contributed by atoms with E-state index in [1.165, 1.54) is 0 Å². The Morgan fingerprint density at radius 2 is 2.31 bits per heavy atom. The van der Waals surface area contributed by atoms with E-state index in [9.17, 15) is 4.79 Å². The van der Waals surface area contributed by atoms with Gasteiger partial charge < -0.3 is 9.84 Å². The first-order valence-corrected chi connectivity index (χ1v) is 6.20. The monoisotopic (exact) mass is 284 g/mol. The number of ether oxygens (including phenoxy) is 1. The second-order valence-electron chi connectivity index (χ2n) is 3.86. The fraction of sp³-hybridized carbons (Fsp3) is 0.417. The maximum Gasteiger partial charge on any atom is 0.325 e. The van der Waals surface area contributed by atoms with E-state index in [-0.39, 0.29) is 17.4 Å². The van der Waals surface area contributed by atoms with Crippen LogP contribution in [0.3, 0.4) is 0 Å². The molecule has 1 atom stereocenters. The first-order chi connectivity index (χ1) is 7.70. The largest absolute Gasteiger partial charge is 0.425 e. The van der Waals surface area contributed by atoms with Gasteiger partial charge in [-0.2, -0.15) is 0 Å². The van der Waals surface area contributed by atoms with Gasteiger partial charge >= 0.3 is 5.97 Å². The standard InChI is InChI=1S/C12H13BrO3/c13-10-7-9-4-3-8(2-1-5-14)6-11(9)16-12(10)15/h3-4,6,10,14H,1-2,5,7H2. The molecule has 0 bridgehead atoms. The Bertz CT molecular complexity index is 403. The highest BCUT2D eigenvalue weighted by atomic mass is 79.9. The quantitative estimate of drug-likeness (QED) is 0.523. The summed E-state index contributed by atoms with van der Waals surface area (Å²) >= 11 is 3.28. The van der Waals surface area contributed by atoms with Crippen LogP contribution in [0.25, 0.3) is 0 Å². The predicted molar refractivity (Wildman–Crippen MR) is 63.9 cm³/mol. The maximum atomic E-state index is 11.4. The van der Waals surface area contributed by atoms with Gasteiger partial charge in [-0.25, -0.2) is 0 Å². The molecule has 0 saturated heterocycles. The molecule has 86 valence electrons. The molecule has 1 N–H and O–H groups in total. The molecule has 0 spiro atoms. The van der Waals surface area contributed by atoms with E-state index in [2.05, 4.69) is 15.9 Å². The van der Waals surface area contributed by atoms with Crippen molar-refractivity contribution >= 4 is 21.9 Å². The molecule has 3 nitrogen and oxygen atoms in total. The summed E-state index contributed by atoms with van der Waals surface area (Å²) in [4.78, 5) is 11.1. The average molecular weight is 285 g/mol. The first kappa shape index (κ1) is 11.6. The number of rotatable bonds is 3. The number of alkyl halides is 1. The predicted octanol–water partition coefficient (Wildman–Crippen LogP) is 1.84. The highest BCUT2D eigenvalue weighted by Crippen LogP contribution is 2.29. The van der Waals surface area contributed by atoms with E-state index in [4.69, 9.17) is 9.84 Å². The number of hydrogen-bond acceptors (Lipinski definition) is 3. The minimum atomic E-state index is -0.233. The van der Waals surface area contributed by atoms with Crippen LogP contribution in [0.15, 0.2) is 18.2 Å². The number of aliphatic hydroxyl groups excluding tert-OH is 1.